The van der Waals surface area contributed by atoms with Gasteiger partial charge in [-0.2, -0.15) is 4.98 Å². The molecule has 2 aliphatic heterocycles. The number of ether oxygens (including phenoxy) is 1. The van der Waals surface area contributed by atoms with Crippen molar-refractivity contribution in [2.24, 2.45) is 4.99 Å². The van der Waals surface area contributed by atoms with E-state index in [1.54, 1.807) is 6.07 Å². The summed E-state index contributed by atoms with van der Waals surface area (Å²) in [6.45, 7) is 2.14. The number of anilines is 2. The molecule has 1 aromatic heterocycles. The van der Waals surface area contributed by atoms with Crippen molar-refractivity contribution in [2.45, 2.75) is 38.2 Å². The summed E-state index contributed by atoms with van der Waals surface area (Å²) in [5.74, 6) is 0.956. The van der Waals surface area contributed by atoms with Gasteiger partial charge in [0.25, 0.3) is 0 Å². The van der Waals surface area contributed by atoms with Gasteiger partial charge >= 0.3 is 0 Å². The molecule has 122 valence electrons. The van der Waals surface area contributed by atoms with E-state index in [4.69, 9.17) is 27.1 Å². The molecule has 1 fully saturated rings. The molecule has 1 saturated heterocycles. The third-order valence-electron chi connectivity index (χ3n) is 4.68. The van der Waals surface area contributed by atoms with Gasteiger partial charge in [-0.1, -0.05) is 11.6 Å². The Morgan fingerprint density at radius 1 is 1.26 bits per heavy atom. The number of allylic oxidation sites excluding steroid dienone is 2. The summed E-state index contributed by atoms with van der Waals surface area (Å²) >= 11 is 6.00. The van der Waals surface area contributed by atoms with Gasteiger partial charge in [0.05, 0.1) is 18.9 Å². The van der Waals surface area contributed by atoms with Crippen molar-refractivity contribution < 1.29 is 4.74 Å². The van der Waals surface area contributed by atoms with Crippen LogP contribution in [0.4, 0.5) is 11.8 Å². The van der Waals surface area contributed by atoms with Gasteiger partial charge in [-0.3, -0.25) is 4.99 Å². The van der Waals surface area contributed by atoms with Gasteiger partial charge in [0.15, 0.2) is 0 Å². The van der Waals surface area contributed by atoms with E-state index in [1.807, 2.05) is 0 Å². The highest BCUT2D eigenvalue weighted by atomic mass is 35.5. The molecule has 0 aromatic carbocycles. The van der Waals surface area contributed by atoms with E-state index in [9.17, 15) is 0 Å². The van der Waals surface area contributed by atoms with E-state index in [0.717, 1.165) is 37.5 Å². The van der Waals surface area contributed by atoms with Crippen LogP contribution in [0.1, 0.15) is 32.1 Å². The Hall–Kier alpha value is -1.66. The molecule has 1 atom stereocenters. The van der Waals surface area contributed by atoms with Crippen LogP contribution in [0.15, 0.2) is 22.3 Å². The minimum absolute atomic E-state index is 0.0179. The van der Waals surface area contributed by atoms with Crippen LogP contribution in [-0.2, 0) is 4.74 Å². The fourth-order valence-electron chi connectivity index (χ4n) is 3.54. The van der Waals surface area contributed by atoms with Crippen molar-refractivity contribution in [3.8, 4) is 0 Å². The van der Waals surface area contributed by atoms with Crippen LogP contribution in [-0.4, -0.2) is 41.5 Å². The molecule has 2 N–H and O–H groups in total. The second-order valence-corrected chi connectivity index (χ2v) is 6.64. The van der Waals surface area contributed by atoms with Gasteiger partial charge in [-0.05, 0) is 31.3 Å². The molecule has 1 aliphatic carbocycles. The SMILES string of the molecule is Nc1nc(Cl)cc(N2CCOC(C3=NC4=C(CCCC4)C3)C2)n1. The number of nitrogen functional groups attached to an aromatic ring is 1. The van der Waals surface area contributed by atoms with E-state index >= 15 is 0 Å². The van der Waals surface area contributed by atoms with E-state index < -0.39 is 0 Å². The first-order valence-corrected chi connectivity index (χ1v) is 8.52. The lowest BCUT2D eigenvalue weighted by molar-refractivity contribution is 0.0828. The number of hydrogen-bond acceptors (Lipinski definition) is 6. The summed E-state index contributed by atoms with van der Waals surface area (Å²) in [6, 6.07) is 1.75. The predicted molar refractivity (Wildman–Crippen MR) is 91.0 cm³/mol. The molecule has 23 heavy (non-hydrogen) atoms. The first kappa shape index (κ1) is 14.9. The van der Waals surface area contributed by atoms with Crippen molar-refractivity contribution in [1.29, 1.82) is 0 Å². The highest BCUT2D eigenvalue weighted by Gasteiger charge is 2.30. The Kier molecular flexibility index (Phi) is 3.95. The molecule has 0 amide bonds. The molecule has 0 radical (unpaired) electrons. The number of nitrogens with zero attached hydrogens (tertiary/aromatic N) is 4. The Morgan fingerprint density at radius 3 is 2.96 bits per heavy atom. The molecule has 7 heteroatoms. The molecule has 0 saturated carbocycles. The maximum Gasteiger partial charge on any atom is 0.223 e. The van der Waals surface area contributed by atoms with Crippen LogP contribution in [0.25, 0.3) is 0 Å². The standard InChI is InChI=1S/C16H20ClN5O/c17-14-8-15(21-16(18)20-14)22-5-6-23-13(9-22)12-7-10-3-1-2-4-11(10)19-12/h8,13H,1-7,9H2,(H2,18,20,21). The number of nitrogens with two attached hydrogens (primary N) is 1. The lowest BCUT2D eigenvalue weighted by Crippen LogP contribution is -2.46. The Labute approximate surface area is 140 Å². The van der Waals surface area contributed by atoms with Gasteiger partial charge in [0.1, 0.15) is 17.1 Å². The molecular formula is C16H20ClN5O. The number of halogens is 1. The van der Waals surface area contributed by atoms with Crippen molar-refractivity contribution in [3.05, 3.63) is 22.5 Å². The lowest BCUT2D eigenvalue weighted by Gasteiger charge is -2.34. The summed E-state index contributed by atoms with van der Waals surface area (Å²) in [4.78, 5) is 15.2. The van der Waals surface area contributed by atoms with E-state index in [-0.39, 0.29) is 12.1 Å². The topological polar surface area (TPSA) is 76.6 Å². The van der Waals surface area contributed by atoms with Crippen LogP contribution < -0.4 is 10.6 Å². The van der Waals surface area contributed by atoms with Gasteiger partial charge in [-0.25, -0.2) is 4.98 Å². The lowest BCUT2D eigenvalue weighted by atomic mass is 9.94. The fourth-order valence-corrected chi connectivity index (χ4v) is 3.72. The average Bonchev–Trinajstić information content (AvgIpc) is 2.98. The second kappa shape index (κ2) is 6.09. The molecule has 1 aromatic rings. The summed E-state index contributed by atoms with van der Waals surface area (Å²) in [6.07, 6.45) is 5.85. The predicted octanol–water partition coefficient (Wildman–Crippen LogP) is 2.59. The maximum atomic E-state index is 6.00. The number of morpholine rings is 1. The van der Waals surface area contributed by atoms with E-state index in [0.29, 0.717) is 11.8 Å². The highest BCUT2D eigenvalue weighted by molar-refractivity contribution is 6.29. The first-order chi connectivity index (χ1) is 11.2. The zero-order valence-electron chi connectivity index (χ0n) is 13.0. The second-order valence-electron chi connectivity index (χ2n) is 6.25. The fraction of sp³-hybridized carbons (Fsp3) is 0.562. The summed E-state index contributed by atoms with van der Waals surface area (Å²) < 4.78 is 5.97. The Morgan fingerprint density at radius 2 is 2.13 bits per heavy atom. The van der Waals surface area contributed by atoms with Crippen LogP contribution in [0, 0.1) is 0 Å². The Balaban J connectivity index is 1.50. The zero-order valence-corrected chi connectivity index (χ0v) is 13.7. The van der Waals surface area contributed by atoms with Crippen molar-refractivity contribution >= 4 is 29.1 Å². The normalized spacial score (nSPS) is 24.7. The molecular weight excluding hydrogens is 314 g/mol. The van der Waals surface area contributed by atoms with E-state index in [2.05, 4.69) is 14.9 Å². The number of aromatic nitrogens is 2. The molecule has 4 rings (SSSR count). The summed E-state index contributed by atoms with van der Waals surface area (Å²) in [7, 11) is 0. The quantitative estimate of drug-likeness (QED) is 0.842. The smallest absolute Gasteiger partial charge is 0.223 e. The molecule has 3 heterocycles. The number of rotatable bonds is 2. The molecule has 6 nitrogen and oxygen atoms in total. The van der Waals surface area contributed by atoms with Crippen molar-refractivity contribution in [3.63, 3.8) is 0 Å². The molecule has 0 spiro atoms. The van der Waals surface area contributed by atoms with Crippen molar-refractivity contribution in [2.75, 3.05) is 30.3 Å². The van der Waals surface area contributed by atoms with Crippen LogP contribution in [0.3, 0.4) is 0 Å². The highest BCUT2D eigenvalue weighted by Crippen LogP contribution is 2.34. The van der Waals surface area contributed by atoms with Crippen LogP contribution in [0.2, 0.25) is 5.15 Å². The summed E-state index contributed by atoms with van der Waals surface area (Å²) in [5, 5.41) is 0.367. The van der Waals surface area contributed by atoms with Gasteiger partial charge in [-0.15, -0.1) is 0 Å². The van der Waals surface area contributed by atoms with Gasteiger partial charge in [0.2, 0.25) is 5.95 Å². The largest absolute Gasteiger partial charge is 0.369 e. The van der Waals surface area contributed by atoms with Gasteiger partial charge < -0.3 is 15.4 Å². The molecule has 0 bridgehead atoms. The maximum absolute atomic E-state index is 6.00. The summed E-state index contributed by atoms with van der Waals surface area (Å²) in [5.41, 5.74) is 9.69. The number of hydrogen-bond donors (Lipinski definition) is 1. The van der Waals surface area contributed by atoms with E-state index in [1.165, 1.54) is 30.5 Å². The minimum Gasteiger partial charge on any atom is -0.369 e. The number of aliphatic imine (C=N–C) groups is 1. The van der Waals surface area contributed by atoms with Crippen molar-refractivity contribution in [1.82, 2.24) is 9.97 Å². The third kappa shape index (κ3) is 3.05. The third-order valence-corrected chi connectivity index (χ3v) is 4.88. The van der Waals surface area contributed by atoms with Gasteiger partial charge in [0, 0.05) is 24.7 Å². The van der Waals surface area contributed by atoms with Crippen LogP contribution >= 0.6 is 11.6 Å². The molecule has 1 unspecified atom stereocenters. The minimum atomic E-state index is 0.0179. The van der Waals surface area contributed by atoms with Crippen LogP contribution in [0.5, 0.6) is 0 Å². The molecule has 3 aliphatic rings. The first-order valence-electron chi connectivity index (χ1n) is 8.14. The average molecular weight is 334 g/mol. The Bertz CT molecular complexity index is 667. The zero-order chi connectivity index (χ0) is 15.8. The monoisotopic (exact) mass is 333 g/mol.